The molecule has 2 aromatic rings. The summed E-state index contributed by atoms with van der Waals surface area (Å²) >= 11 is 0. The molecule has 1 aliphatic rings. The Labute approximate surface area is 100 Å². The normalized spacial score (nSPS) is 27.4. The molecule has 84 valence electrons. The van der Waals surface area contributed by atoms with Crippen molar-refractivity contribution >= 4 is 10.8 Å². The van der Waals surface area contributed by atoms with Crippen LogP contribution in [-0.4, -0.2) is 5.11 Å². The minimum Gasteiger partial charge on any atom is -0.385 e. The van der Waals surface area contributed by atoms with Crippen molar-refractivity contribution in [1.29, 1.82) is 5.26 Å². The molecule has 0 unspecified atom stereocenters. The van der Waals surface area contributed by atoms with Crippen molar-refractivity contribution in [3.63, 3.8) is 0 Å². The number of fused-ring (bicyclic) bond motifs is 1. The van der Waals surface area contributed by atoms with E-state index in [0.717, 1.165) is 10.9 Å². The summed E-state index contributed by atoms with van der Waals surface area (Å²) in [6, 6.07) is 16.3. The van der Waals surface area contributed by atoms with Crippen LogP contribution in [0.15, 0.2) is 42.5 Å². The Balaban J connectivity index is 2.00. The smallest absolute Gasteiger partial charge is 0.0921 e. The maximum Gasteiger partial charge on any atom is 0.0921 e. The van der Waals surface area contributed by atoms with Crippen LogP contribution in [0.25, 0.3) is 10.8 Å². The highest BCUT2D eigenvalue weighted by Gasteiger charge is 2.44. The molecule has 0 bridgehead atoms. The van der Waals surface area contributed by atoms with Gasteiger partial charge < -0.3 is 5.11 Å². The molecule has 0 spiro atoms. The Hall–Kier alpha value is -1.85. The van der Waals surface area contributed by atoms with Crippen molar-refractivity contribution in [3.05, 3.63) is 48.0 Å². The van der Waals surface area contributed by atoms with Crippen LogP contribution < -0.4 is 0 Å². The summed E-state index contributed by atoms with van der Waals surface area (Å²) in [7, 11) is 0. The van der Waals surface area contributed by atoms with Gasteiger partial charge in [0.05, 0.1) is 17.6 Å². The molecule has 0 saturated heterocycles. The van der Waals surface area contributed by atoms with Crippen molar-refractivity contribution < 1.29 is 5.11 Å². The lowest BCUT2D eigenvalue weighted by Crippen LogP contribution is -2.40. The minimum atomic E-state index is -0.787. The second-order valence-corrected chi connectivity index (χ2v) is 4.83. The monoisotopic (exact) mass is 223 g/mol. The number of hydrogen-bond acceptors (Lipinski definition) is 2. The highest BCUT2D eigenvalue weighted by atomic mass is 16.3. The van der Waals surface area contributed by atoms with Crippen molar-refractivity contribution in [2.45, 2.75) is 18.4 Å². The molecule has 0 aromatic heterocycles. The van der Waals surface area contributed by atoms with Gasteiger partial charge in [0.2, 0.25) is 0 Å². The van der Waals surface area contributed by atoms with E-state index in [9.17, 15) is 5.11 Å². The lowest BCUT2D eigenvalue weighted by atomic mass is 9.68. The zero-order chi connectivity index (χ0) is 11.9. The molecule has 1 N–H and O–H groups in total. The summed E-state index contributed by atoms with van der Waals surface area (Å²) < 4.78 is 0. The fourth-order valence-electron chi connectivity index (χ4n) is 2.56. The van der Waals surface area contributed by atoms with E-state index in [1.165, 1.54) is 5.39 Å². The van der Waals surface area contributed by atoms with Gasteiger partial charge in [-0.2, -0.15) is 5.26 Å². The van der Waals surface area contributed by atoms with Crippen LogP contribution in [0.5, 0.6) is 0 Å². The quantitative estimate of drug-likeness (QED) is 0.807. The van der Waals surface area contributed by atoms with Gasteiger partial charge in [-0.25, -0.2) is 0 Å². The molecule has 0 amide bonds. The summed E-state index contributed by atoms with van der Waals surface area (Å²) in [6.07, 6.45) is 1.11. The van der Waals surface area contributed by atoms with Crippen molar-refractivity contribution in [3.8, 4) is 6.07 Å². The van der Waals surface area contributed by atoms with Gasteiger partial charge in [0.1, 0.15) is 0 Å². The van der Waals surface area contributed by atoms with E-state index in [4.69, 9.17) is 5.26 Å². The molecule has 0 heterocycles. The van der Waals surface area contributed by atoms with Crippen LogP contribution >= 0.6 is 0 Å². The fraction of sp³-hybridized carbons (Fsp3) is 0.267. The minimum absolute atomic E-state index is 0.00599. The van der Waals surface area contributed by atoms with E-state index in [0.29, 0.717) is 12.8 Å². The summed E-state index contributed by atoms with van der Waals surface area (Å²) in [5.74, 6) is 0.00599. The van der Waals surface area contributed by atoms with Gasteiger partial charge >= 0.3 is 0 Å². The van der Waals surface area contributed by atoms with Crippen molar-refractivity contribution in [1.82, 2.24) is 0 Å². The van der Waals surface area contributed by atoms with E-state index < -0.39 is 5.60 Å². The first-order valence-electron chi connectivity index (χ1n) is 5.82. The van der Waals surface area contributed by atoms with Crippen molar-refractivity contribution in [2.24, 2.45) is 5.92 Å². The van der Waals surface area contributed by atoms with Crippen LogP contribution in [0.1, 0.15) is 18.4 Å². The largest absolute Gasteiger partial charge is 0.385 e. The Morgan fingerprint density at radius 2 is 1.82 bits per heavy atom. The summed E-state index contributed by atoms with van der Waals surface area (Å²) in [5.41, 5.74) is 0.146. The third-order valence-electron chi connectivity index (χ3n) is 3.64. The Morgan fingerprint density at radius 3 is 2.53 bits per heavy atom. The highest BCUT2D eigenvalue weighted by molar-refractivity contribution is 5.83. The second kappa shape index (κ2) is 3.58. The summed E-state index contributed by atoms with van der Waals surface area (Å²) in [4.78, 5) is 0. The molecular formula is C15H13NO. The summed E-state index contributed by atoms with van der Waals surface area (Å²) in [5, 5.41) is 21.5. The average Bonchev–Trinajstić information content (AvgIpc) is 2.34. The van der Waals surface area contributed by atoms with E-state index in [1.807, 2.05) is 36.4 Å². The number of nitriles is 1. The SMILES string of the molecule is N#CC1CC(O)(c2ccc3ccccc3c2)C1. The lowest BCUT2D eigenvalue weighted by molar-refractivity contribution is -0.0627. The average molecular weight is 223 g/mol. The maximum absolute atomic E-state index is 10.4. The van der Waals surface area contributed by atoms with Crippen LogP contribution in [-0.2, 0) is 5.60 Å². The second-order valence-electron chi connectivity index (χ2n) is 4.83. The zero-order valence-corrected chi connectivity index (χ0v) is 9.43. The van der Waals surface area contributed by atoms with E-state index >= 15 is 0 Å². The molecule has 2 nitrogen and oxygen atoms in total. The molecule has 2 aromatic carbocycles. The van der Waals surface area contributed by atoms with Gasteiger partial charge in [-0.05, 0) is 35.2 Å². The Kier molecular flexibility index (Phi) is 2.17. The Bertz CT molecular complexity index is 606. The van der Waals surface area contributed by atoms with Gasteiger partial charge in [0.25, 0.3) is 0 Å². The van der Waals surface area contributed by atoms with Gasteiger partial charge in [-0.15, -0.1) is 0 Å². The van der Waals surface area contributed by atoms with E-state index in [2.05, 4.69) is 12.1 Å². The standard InChI is InChI=1S/C15H13NO/c16-10-11-8-15(17,9-11)14-6-5-12-3-1-2-4-13(12)7-14/h1-7,11,17H,8-9H2. The predicted molar refractivity (Wildman–Crippen MR) is 66.2 cm³/mol. The number of aliphatic hydroxyl groups is 1. The lowest BCUT2D eigenvalue weighted by Gasteiger charge is -2.40. The predicted octanol–water partition coefficient (Wildman–Crippen LogP) is 2.96. The topological polar surface area (TPSA) is 44.0 Å². The molecular weight excluding hydrogens is 210 g/mol. The number of nitrogens with zero attached hydrogens (tertiary/aromatic N) is 1. The molecule has 0 atom stereocenters. The van der Waals surface area contributed by atoms with Crippen molar-refractivity contribution in [2.75, 3.05) is 0 Å². The van der Waals surface area contributed by atoms with Crippen LogP contribution in [0, 0.1) is 17.2 Å². The molecule has 3 rings (SSSR count). The first-order valence-corrected chi connectivity index (χ1v) is 5.82. The first kappa shape index (κ1) is 10.3. The number of hydrogen-bond donors (Lipinski definition) is 1. The number of rotatable bonds is 1. The molecule has 1 aliphatic carbocycles. The van der Waals surface area contributed by atoms with Gasteiger partial charge in [-0.1, -0.05) is 36.4 Å². The summed E-state index contributed by atoms with van der Waals surface area (Å²) in [6.45, 7) is 0. The first-order chi connectivity index (χ1) is 8.21. The van der Waals surface area contributed by atoms with Gasteiger partial charge in [-0.3, -0.25) is 0 Å². The van der Waals surface area contributed by atoms with Gasteiger partial charge in [0, 0.05) is 0 Å². The molecule has 1 fully saturated rings. The molecule has 0 radical (unpaired) electrons. The third-order valence-corrected chi connectivity index (χ3v) is 3.64. The number of benzene rings is 2. The van der Waals surface area contributed by atoms with E-state index in [-0.39, 0.29) is 5.92 Å². The molecule has 17 heavy (non-hydrogen) atoms. The third kappa shape index (κ3) is 1.60. The highest BCUT2D eigenvalue weighted by Crippen LogP contribution is 2.45. The Morgan fingerprint density at radius 1 is 1.12 bits per heavy atom. The van der Waals surface area contributed by atoms with Crippen LogP contribution in [0.3, 0.4) is 0 Å². The maximum atomic E-state index is 10.4. The van der Waals surface area contributed by atoms with Gasteiger partial charge in [0.15, 0.2) is 0 Å². The zero-order valence-electron chi connectivity index (χ0n) is 9.43. The fourth-order valence-corrected chi connectivity index (χ4v) is 2.56. The molecule has 1 saturated carbocycles. The molecule has 2 heteroatoms. The van der Waals surface area contributed by atoms with Crippen LogP contribution in [0.2, 0.25) is 0 Å². The van der Waals surface area contributed by atoms with Crippen LogP contribution in [0.4, 0.5) is 0 Å². The van der Waals surface area contributed by atoms with E-state index in [1.54, 1.807) is 0 Å². The molecule has 0 aliphatic heterocycles.